The van der Waals surface area contributed by atoms with Gasteiger partial charge in [-0.15, -0.1) is 0 Å². The number of hydrogen-bond acceptors (Lipinski definition) is 4. The van der Waals surface area contributed by atoms with Crippen LogP contribution in [0.3, 0.4) is 0 Å². The molecule has 1 amide bonds. The lowest BCUT2D eigenvalue weighted by molar-refractivity contribution is -0.118. The van der Waals surface area contributed by atoms with Gasteiger partial charge in [-0.3, -0.25) is 4.79 Å². The second kappa shape index (κ2) is 5.80. The van der Waals surface area contributed by atoms with Gasteiger partial charge in [-0.05, 0) is 31.9 Å². The number of sulfonamides is 1. The van der Waals surface area contributed by atoms with Crippen LogP contribution < -0.4 is 15.8 Å². The monoisotopic (exact) mass is 297 g/mol. The zero-order valence-corrected chi connectivity index (χ0v) is 12.1. The van der Waals surface area contributed by atoms with Gasteiger partial charge in [-0.2, -0.15) is 0 Å². The Morgan fingerprint density at radius 2 is 2.05 bits per heavy atom. The molecule has 0 radical (unpaired) electrons. The van der Waals surface area contributed by atoms with Crippen molar-refractivity contribution in [1.29, 1.82) is 0 Å². The quantitative estimate of drug-likeness (QED) is 0.693. The van der Waals surface area contributed by atoms with Crippen LogP contribution in [0.15, 0.2) is 29.2 Å². The third-order valence-electron chi connectivity index (χ3n) is 2.99. The van der Waals surface area contributed by atoms with E-state index in [-0.39, 0.29) is 23.4 Å². The molecule has 1 aliphatic rings. The summed E-state index contributed by atoms with van der Waals surface area (Å²) in [6, 6.07) is 6.46. The van der Waals surface area contributed by atoms with E-state index in [1.54, 1.807) is 31.2 Å². The first-order valence-corrected chi connectivity index (χ1v) is 8.03. The van der Waals surface area contributed by atoms with Gasteiger partial charge in [0.1, 0.15) is 4.90 Å². The molecule has 1 atom stereocenters. The average molecular weight is 297 g/mol. The molecular formula is C13H19N3O3S. The number of benzene rings is 1. The molecule has 110 valence electrons. The highest BCUT2D eigenvalue weighted by atomic mass is 32.2. The summed E-state index contributed by atoms with van der Waals surface area (Å²) in [6.07, 6.45) is 1.91. The fourth-order valence-corrected chi connectivity index (χ4v) is 3.40. The highest BCUT2D eigenvalue weighted by Gasteiger charge is 2.29. The van der Waals surface area contributed by atoms with E-state index < -0.39 is 15.9 Å². The van der Waals surface area contributed by atoms with Crippen LogP contribution >= 0.6 is 0 Å². The minimum absolute atomic E-state index is 0.0519. The summed E-state index contributed by atoms with van der Waals surface area (Å²) < 4.78 is 27.2. The number of anilines is 1. The lowest BCUT2D eigenvalue weighted by atomic mass is 10.2. The molecule has 1 aromatic carbocycles. The molecule has 1 saturated carbocycles. The Balaban J connectivity index is 2.19. The van der Waals surface area contributed by atoms with Crippen LogP contribution in [0.1, 0.15) is 26.2 Å². The Bertz CT molecular complexity index is 597. The van der Waals surface area contributed by atoms with Gasteiger partial charge >= 0.3 is 0 Å². The van der Waals surface area contributed by atoms with Gasteiger partial charge in [0.2, 0.25) is 15.9 Å². The normalized spacial score (nSPS) is 16.6. The fraction of sp³-hybridized carbons (Fsp3) is 0.462. The van der Waals surface area contributed by atoms with E-state index >= 15 is 0 Å². The highest BCUT2D eigenvalue weighted by Crippen LogP contribution is 2.26. The Labute approximate surface area is 118 Å². The molecule has 0 heterocycles. The smallest absolute Gasteiger partial charge is 0.242 e. The molecule has 0 saturated heterocycles. The van der Waals surface area contributed by atoms with Crippen LogP contribution in [-0.4, -0.2) is 26.4 Å². The molecule has 1 fully saturated rings. The van der Waals surface area contributed by atoms with Crippen LogP contribution in [0.25, 0.3) is 0 Å². The maximum absolute atomic E-state index is 12.3. The van der Waals surface area contributed by atoms with Crippen molar-refractivity contribution in [3.8, 4) is 0 Å². The minimum Gasteiger partial charge on any atom is -0.381 e. The first-order chi connectivity index (χ1) is 9.38. The number of nitrogens with one attached hydrogen (secondary N) is 2. The first kappa shape index (κ1) is 14.8. The van der Waals surface area contributed by atoms with Crippen molar-refractivity contribution in [2.75, 3.05) is 5.32 Å². The van der Waals surface area contributed by atoms with E-state index in [4.69, 9.17) is 5.73 Å². The Hall–Kier alpha value is -1.60. The number of primary amides is 1. The summed E-state index contributed by atoms with van der Waals surface area (Å²) in [5.74, 6) is -0.429. The third kappa shape index (κ3) is 3.94. The van der Waals surface area contributed by atoms with Gasteiger partial charge in [0.25, 0.3) is 0 Å². The second-order valence-electron chi connectivity index (χ2n) is 5.11. The van der Waals surface area contributed by atoms with E-state index in [0.29, 0.717) is 5.69 Å². The van der Waals surface area contributed by atoms with Crippen molar-refractivity contribution in [3.63, 3.8) is 0 Å². The third-order valence-corrected chi connectivity index (χ3v) is 4.56. The number of carbonyl (C=O) groups is 1. The molecule has 4 N–H and O–H groups in total. The zero-order chi connectivity index (χ0) is 14.8. The molecule has 0 bridgehead atoms. The van der Waals surface area contributed by atoms with Crippen molar-refractivity contribution >= 4 is 21.6 Å². The molecule has 1 aliphatic carbocycles. The average Bonchev–Trinajstić information content (AvgIpc) is 3.11. The number of rotatable bonds is 7. The lowest BCUT2D eigenvalue weighted by Crippen LogP contribution is -2.28. The van der Waals surface area contributed by atoms with Crippen molar-refractivity contribution in [2.45, 2.75) is 43.2 Å². The summed E-state index contributed by atoms with van der Waals surface area (Å²) in [4.78, 5) is 11.1. The van der Waals surface area contributed by atoms with Crippen LogP contribution in [0.5, 0.6) is 0 Å². The van der Waals surface area contributed by atoms with Gasteiger partial charge in [0, 0.05) is 18.5 Å². The minimum atomic E-state index is -3.53. The predicted octanol–water partition coefficient (Wildman–Crippen LogP) is 0.803. The zero-order valence-electron chi connectivity index (χ0n) is 11.3. The number of carbonyl (C=O) groups excluding carboxylic acids is 1. The maximum atomic E-state index is 12.3. The van der Waals surface area contributed by atoms with Gasteiger partial charge in [0.15, 0.2) is 0 Å². The molecule has 6 nitrogen and oxygen atoms in total. The SMILES string of the molecule is CC(CC(N)=O)Nc1ccccc1S(=O)(=O)NC1CC1. The number of hydrogen-bond donors (Lipinski definition) is 3. The van der Waals surface area contributed by atoms with Crippen LogP contribution in [0, 0.1) is 0 Å². The topological polar surface area (TPSA) is 101 Å². The number of nitrogens with two attached hydrogens (primary N) is 1. The molecule has 7 heteroatoms. The molecular weight excluding hydrogens is 278 g/mol. The molecule has 0 spiro atoms. The van der Waals surface area contributed by atoms with Gasteiger partial charge in [-0.25, -0.2) is 13.1 Å². The molecule has 2 rings (SSSR count). The molecule has 1 unspecified atom stereocenters. The van der Waals surface area contributed by atoms with E-state index in [0.717, 1.165) is 12.8 Å². The summed E-state index contributed by atoms with van der Waals surface area (Å²) in [5, 5.41) is 3.02. The predicted molar refractivity (Wildman–Crippen MR) is 76.7 cm³/mol. The summed E-state index contributed by atoms with van der Waals surface area (Å²) in [7, 11) is -3.53. The van der Waals surface area contributed by atoms with Crippen LogP contribution in [0.2, 0.25) is 0 Å². The maximum Gasteiger partial charge on any atom is 0.242 e. The lowest BCUT2D eigenvalue weighted by Gasteiger charge is -2.17. The Morgan fingerprint density at radius 1 is 1.40 bits per heavy atom. The fourth-order valence-electron chi connectivity index (χ4n) is 1.92. The van der Waals surface area contributed by atoms with Gasteiger partial charge in [0.05, 0.1) is 5.69 Å². The van der Waals surface area contributed by atoms with Gasteiger partial charge in [-0.1, -0.05) is 12.1 Å². The highest BCUT2D eigenvalue weighted by molar-refractivity contribution is 7.89. The van der Waals surface area contributed by atoms with Crippen molar-refractivity contribution in [3.05, 3.63) is 24.3 Å². The molecule has 0 aliphatic heterocycles. The van der Waals surface area contributed by atoms with E-state index in [1.807, 2.05) is 0 Å². The van der Waals surface area contributed by atoms with Crippen molar-refractivity contribution in [2.24, 2.45) is 5.73 Å². The first-order valence-electron chi connectivity index (χ1n) is 6.54. The second-order valence-corrected chi connectivity index (χ2v) is 6.79. The summed E-state index contributed by atoms with van der Waals surface area (Å²) in [6.45, 7) is 1.78. The largest absolute Gasteiger partial charge is 0.381 e. The van der Waals surface area contributed by atoms with Crippen LogP contribution in [0.4, 0.5) is 5.69 Å². The van der Waals surface area contributed by atoms with E-state index in [2.05, 4.69) is 10.0 Å². The summed E-state index contributed by atoms with van der Waals surface area (Å²) >= 11 is 0. The van der Waals surface area contributed by atoms with Crippen molar-refractivity contribution in [1.82, 2.24) is 4.72 Å². The number of amides is 1. The standard InChI is InChI=1S/C13H19N3O3S/c1-9(8-13(14)17)15-11-4-2-3-5-12(11)20(18,19)16-10-6-7-10/h2-5,9-10,15-16H,6-8H2,1H3,(H2,14,17). The van der Waals surface area contributed by atoms with E-state index in [9.17, 15) is 13.2 Å². The van der Waals surface area contributed by atoms with Gasteiger partial charge < -0.3 is 11.1 Å². The number of para-hydroxylation sites is 1. The Kier molecular flexibility index (Phi) is 4.29. The molecule has 0 aromatic heterocycles. The summed E-state index contributed by atoms with van der Waals surface area (Å²) in [5.41, 5.74) is 5.62. The van der Waals surface area contributed by atoms with Crippen LogP contribution in [-0.2, 0) is 14.8 Å². The van der Waals surface area contributed by atoms with Crippen molar-refractivity contribution < 1.29 is 13.2 Å². The molecule has 1 aromatic rings. The van der Waals surface area contributed by atoms with E-state index in [1.165, 1.54) is 0 Å². The Morgan fingerprint density at radius 3 is 2.65 bits per heavy atom. The molecule has 20 heavy (non-hydrogen) atoms.